The molecule has 0 heterocycles. The molecular formula is C21H19N3O6. The maximum absolute atomic E-state index is 13.0. The minimum Gasteiger partial charge on any atom is -0.452 e. The number of benzene rings is 2. The van der Waals surface area contributed by atoms with Crippen LogP contribution < -0.4 is 10.2 Å². The van der Waals surface area contributed by atoms with Crippen molar-refractivity contribution in [3.8, 4) is 12.3 Å². The Labute approximate surface area is 172 Å². The number of nitro benzene ring substituents is 1. The maximum atomic E-state index is 13.0. The third-order valence-corrected chi connectivity index (χ3v) is 4.03. The topological polar surface area (TPSA) is 119 Å². The lowest BCUT2D eigenvalue weighted by atomic mass is 9.97. The Kier molecular flexibility index (Phi) is 7.25. The molecule has 0 aliphatic carbocycles. The Balaban J connectivity index is 2.31. The van der Waals surface area contributed by atoms with E-state index in [-0.39, 0.29) is 28.9 Å². The minimum absolute atomic E-state index is 0.00145. The predicted molar refractivity (Wildman–Crippen MR) is 109 cm³/mol. The molecule has 0 unspecified atom stereocenters. The van der Waals surface area contributed by atoms with Gasteiger partial charge >= 0.3 is 5.97 Å². The van der Waals surface area contributed by atoms with Gasteiger partial charge in [0.1, 0.15) is 5.69 Å². The van der Waals surface area contributed by atoms with Crippen LogP contribution in [-0.2, 0) is 9.53 Å². The molecule has 0 bridgehead atoms. The van der Waals surface area contributed by atoms with Crippen LogP contribution in [0.3, 0.4) is 0 Å². The van der Waals surface area contributed by atoms with Crippen molar-refractivity contribution >= 4 is 29.0 Å². The summed E-state index contributed by atoms with van der Waals surface area (Å²) in [5.74, 6) is 0.162. The normalized spacial score (nSPS) is 9.90. The highest BCUT2D eigenvalue weighted by atomic mass is 16.6. The highest BCUT2D eigenvalue weighted by Crippen LogP contribution is 2.29. The molecule has 0 saturated heterocycles. The third kappa shape index (κ3) is 5.20. The summed E-state index contributed by atoms with van der Waals surface area (Å²) in [6.45, 7) is -0.570. The average molecular weight is 409 g/mol. The van der Waals surface area contributed by atoms with Gasteiger partial charge in [-0.05, 0) is 18.2 Å². The summed E-state index contributed by atoms with van der Waals surface area (Å²) in [7, 11) is 3.30. The zero-order chi connectivity index (χ0) is 22.3. The number of rotatable bonds is 8. The molecule has 154 valence electrons. The quantitative estimate of drug-likeness (QED) is 0.232. The van der Waals surface area contributed by atoms with E-state index in [4.69, 9.17) is 11.2 Å². The zero-order valence-corrected chi connectivity index (χ0v) is 16.4. The zero-order valence-electron chi connectivity index (χ0n) is 16.4. The summed E-state index contributed by atoms with van der Waals surface area (Å²) in [6, 6.07) is 9.92. The van der Waals surface area contributed by atoms with Gasteiger partial charge in [0.05, 0.1) is 17.0 Å². The lowest BCUT2D eigenvalue weighted by Gasteiger charge is -2.14. The van der Waals surface area contributed by atoms with Crippen LogP contribution in [0.1, 0.15) is 26.3 Å². The van der Waals surface area contributed by atoms with Gasteiger partial charge in [-0.2, -0.15) is 0 Å². The molecule has 9 heteroatoms. The molecule has 9 nitrogen and oxygen atoms in total. The number of hydrogen-bond donors (Lipinski definition) is 1. The first kappa shape index (κ1) is 22.1. The van der Waals surface area contributed by atoms with Gasteiger partial charge in [0, 0.05) is 31.3 Å². The van der Waals surface area contributed by atoms with Gasteiger partial charge in [0.25, 0.3) is 11.6 Å². The first-order valence-electron chi connectivity index (χ1n) is 8.73. The fourth-order valence-corrected chi connectivity index (χ4v) is 2.61. The molecule has 0 aliphatic heterocycles. The lowest BCUT2D eigenvalue weighted by Crippen LogP contribution is -2.29. The Morgan fingerprint density at radius 3 is 2.43 bits per heavy atom. The van der Waals surface area contributed by atoms with Crippen molar-refractivity contribution in [2.75, 3.05) is 32.1 Å². The number of amides is 1. The van der Waals surface area contributed by atoms with E-state index in [9.17, 15) is 24.5 Å². The molecule has 1 amide bonds. The maximum Gasteiger partial charge on any atom is 0.339 e. The van der Waals surface area contributed by atoms with Gasteiger partial charge in [-0.25, -0.2) is 4.79 Å². The molecule has 0 fully saturated rings. The van der Waals surface area contributed by atoms with Crippen LogP contribution in [0.5, 0.6) is 0 Å². The van der Waals surface area contributed by atoms with E-state index in [1.54, 1.807) is 25.1 Å². The first-order chi connectivity index (χ1) is 14.3. The number of ketones is 1. The summed E-state index contributed by atoms with van der Waals surface area (Å²) in [5.41, 5.74) is 0.0719. The van der Waals surface area contributed by atoms with E-state index in [2.05, 4.69) is 11.2 Å². The van der Waals surface area contributed by atoms with E-state index in [0.29, 0.717) is 5.69 Å². The van der Waals surface area contributed by atoms with Crippen LogP contribution in [0.2, 0.25) is 0 Å². The van der Waals surface area contributed by atoms with Crippen LogP contribution in [0.15, 0.2) is 42.5 Å². The van der Waals surface area contributed by atoms with Crippen LogP contribution in [0.4, 0.5) is 11.4 Å². The molecule has 1 N–H and O–H groups in total. The molecule has 0 spiro atoms. The second-order valence-corrected chi connectivity index (χ2v) is 6.29. The van der Waals surface area contributed by atoms with Crippen molar-refractivity contribution in [3.63, 3.8) is 0 Å². The van der Waals surface area contributed by atoms with E-state index < -0.39 is 29.2 Å². The summed E-state index contributed by atoms with van der Waals surface area (Å²) < 4.78 is 4.94. The van der Waals surface area contributed by atoms with E-state index >= 15 is 0 Å². The summed E-state index contributed by atoms with van der Waals surface area (Å²) in [5, 5.41) is 13.7. The van der Waals surface area contributed by atoms with Crippen molar-refractivity contribution in [3.05, 3.63) is 69.3 Å². The van der Waals surface area contributed by atoms with Crippen LogP contribution >= 0.6 is 0 Å². The number of anilines is 1. The standard InChI is InChI=1S/C21H19N3O6/c1-4-11-22-19(25)13-30-21(27)16-8-6-5-7-15(16)20(26)14-9-10-17(23(2)3)18(12-14)24(28)29/h1,5-10,12H,11,13H2,2-3H3,(H,22,25). The van der Waals surface area contributed by atoms with Gasteiger partial charge in [-0.15, -0.1) is 6.42 Å². The molecule has 0 radical (unpaired) electrons. The minimum atomic E-state index is -0.880. The third-order valence-electron chi connectivity index (χ3n) is 4.03. The molecule has 0 saturated carbocycles. The van der Waals surface area contributed by atoms with Gasteiger partial charge in [-0.3, -0.25) is 19.7 Å². The summed E-state index contributed by atoms with van der Waals surface area (Å²) in [6.07, 6.45) is 5.03. The van der Waals surface area contributed by atoms with Gasteiger partial charge in [-0.1, -0.05) is 24.1 Å². The van der Waals surface area contributed by atoms with E-state index in [1.807, 2.05) is 0 Å². The van der Waals surface area contributed by atoms with Crippen molar-refractivity contribution in [1.82, 2.24) is 5.32 Å². The first-order valence-corrected chi connectivity index (χ1v) is 8.73. The second-order valence-electron chi connectivity index (χ2n) is 6.29. The van der Waals surface area contributed by atoms with Gasteiger partial charge < -0.3 is 15.0 Å². The Morgan fingerprint density at radius 1 is 1.17 bits per heavy atom. The highest BCUT2D eigenvalue weighted by molar-refractivity contribution is 6.15. The number of carbonyl (C=O) groups is 3. The Morgan fingerprint density at radius 2 is 1.83 bits per heavy atom. The Bertz CT molecular complexity index is 1040. The molecular weight excluding hydrogens is 390 g/mol. The number of esters is 1. The smallest absolute Gasteiger partial charge is 0.339 e. The van der Waals surface area contributed by atoms with Crippen molar-refractivity contribution < 1.29 is 24.0 Å². The van der Waals surface area contributed by atoms with Crippen molar-refractivity contribution in [2.24, 2.45) is 0 Å². The van der Waals surface area contributed by atoms with Crippen LogP contribution in [0, 0.1) is 22.5 Å². The number of ether oxygens (including phenoxy) is 1. The number of nitrogens with zero attached hydrogens (tertiary/aromatic N) is 2. The Hall–Kier alpha value is -4.19. The van der Waals surface area contributed by atoms with Crippen LogP contribution in [-0.4, -0.2) is 49.8 Å². The molecule has 2 rings (SSSR count). The average Bonchev–Trinajstić information content (AvgIpc) is 2.74. The summed E-state index contributed by atoms with van der Waals surface area (Å²) in [4.78, 5) is 49.3. The van der Waals surface area contributed by atoms with Gasteiger partial charge in [0.15, 0.2) is 12.4 Å². The SMILES string of the molecule is C#CCNC(=O)COC(=O)c1ccccc1C(=O)c1ccc(N(C)C)c([N+](=O)[O-])c1. The highest BCUT2D eigenvalue weighted by Gasteiger charge is 2.23. The number of carbonyl (C=O) groups excluding carboxylic acids is 3. The molecule has 0 aliphatic rings. The van der Waals surface area contributed by atoms with Crippen LogP contribution in [0.25, 0.3) is 0 Å². The lowest BCUT2D eigenvalue weighted by molar-refractivity contribution is -0.384. The molecule has 30 heavy (non-hydrogen) atoms. The predicted octanol–water partition coefficient (Wildman–Crippen LogP) is 1.80. The fraction of sp³-hybridized carbons (Fsp3) is 0.190. The summed E-state index contributed by atoms with van der Waals surface area (Å²) >= 11 is 0. The number of terminal acetylenes is 1. The number of hydrogen-bond acceptors (Lipinski definition) is 7. The van der Waals surface area contributed by atoms with Crippen molar-refractivity contribution in [2.45, 2.75) is 0 Å². The van der Waals surface area contributed by atoms with E-state index in [0.717, 1.165) is 6.07 Å². The monoisotopic (exact) mass is 409 g/mol. The molecule has 0 aromatic heterocycles. The largest absolute Gasteiger partial charge is 0.452 e. The van der Waals surface area contributed by atoms with Gasteiger partial charge in [0.2, 0.25) is 0 Å². The fourth-order valence-electron chi connectivity index (χ4n) is 2.61. The molecule has 2 aromatic carbocycles. The van der Waals surface area contributed by atoms with Crippen molar-refractivity contribution in [1.29, 1.82) is 0 Å². The molecule has 2 aromatic rings. The number of nitro groups is 1. The van der Waals surface area contributed by atoms with E-state index in [1.165, 1.54) is 30.3 Å². The number of nitrogens with one attached hydrogen (secondary N) is 1. The molecule has 0 atom stereocenters. The second kappa shape index (κ2) is 9.84.